The van der Waals surface area contributed by atoms with Crippen molar-refractivity contribution < 1.29 is 4.79 Å². The van der Waals surface area contributed by atoms with Crippen molar-refractivity contribution in [1.29, 1.82) is 0 Å². The Labute approximate surface area is 121 Å². The number of unbranched alkanes of at least 4 members (excludes halogenated alkanes) is 1. The first-order valence-electron chi connectivity index (χ1n) is 7.37. The molecule has 1 aromatic heterocycles. The number of rotatable bonds is 5. The van der Waals surface area contributed by atoms with Gasteiger partial charge in [0.1, 0.15) is 0 Å². The number of nitrogens with zero attached hydrogens (tertiary/aromatic N) is 3. The van der Waals surface area contributed by atoms with Crippen LogP contribution in [0.25, 0.3) is 0 Å². The van der Waals surface area contributed by atoms with Gasteiger partial charge in [-0.05, 0) is 19.5 Å². The number of anilines is 1. The highest BCUT2D eigenvalue weighted by Crippen LogP contribution is 2.12. The fourth-order valence-corrected chi connectivity index (χ4v) is 2.26. The summed E-state index contributed by atoms with van der Waals surface area (Å²) < 4.78 is 0. The van der Waals surface area contributed by atoms with Gasteiger partial charge in [-0.1, -0.05) is 13.3 Å². The van der Waals surface area contributed by atoms with Gasteiger partial charge in [-0.3, -0.25) is 9.78 Å². The van der Waals surface area contributed by atoms with E-state index < -0.39 is 0 Å². The molecule has 1 aromatic rings. The molecular formula is C15H24N4O. The van der Waals surface area contributed by atoms with Gasteiger partial charge in [0.25, 0.3) is 5.91 Å². The molecule has 0 aromatic carbocycles. The van der Waals surface area contributed by atoms with E-state index in [1.807, 2.05) is 11.0 Å². The summed E-state index contributed by atoms with van der Waals surface area (Å²) in [6.07, 6.45) is 5.71. The molecule has 110 valence electrons. The predicted molar refractivity (Wildman–Crippen MR) is 81.0 cm³/mol. The fraction of sp³-hybridized carbons (Fsp3) is 0.600. The van der Waals surface area contributed by atoms with Crippen molar-refractivity contribution in [3.8, 4) is 0 Å². The zero-order chi connectivity index (χ0) is 14.4. The van der Waals surface area contributed by atoms with E-state index in [1.165, 1.54) is 0 Å². The molecule has 0 saturated carbocycles. The summed E-state index contributed by atoms with van der Waals surface area (Å²) in [6.45, 7) is 6.55. The number of nitrogens with one attached hydrogen (secondary N) is 1. The molecule has 0 unspecified atom stereocenters. The van der Waals surface area contributed by atoms with E-state index in [9.17, 15) is 4.79 Å². The zero-order valence-electron chi connectivity index (χ0n) is 12.4. The van der Waals surface area contributed by atoms with Gasteiger partial charge in [0.05, 0.1) is 11.3 Å². The van der Waals surface area contributed by atoms with Crippen molar-refractivity contribution in [3.05, 3.63) is 24.0 Å². The van der Waals surface area contributed by atoms with Gasteiger partial charge in [-0.2, -0.15) is 0 Å². The van der Waals surface area contributed by atoms with E-state index in [-0.39, 0.29) is 5.91 Å². The molecule has 1 N–H and O–H groups in total. The molecule has 0 spiro atoms. The van der Waals surface area contributed by atoms with E-state index >= 15 is 0 Å². The summed E-state index contributed by atoms with van der Waals surface area (Å²) in [5.74, 6) is 0.0877. The minimum Gasteiger partial charge on any atom is -0.384 e. The molecule has 2 heterocycles. The Bertz CT molecular complexity index is 441. The van der Waals surface area contributed by atoms with E-state index in [1.54, 1.807) is 12.4 Å². The smallest absolute Gasteiger partial charge is 0.255 e. The first-order valence-corrected chi connectivity index (χ1v) is 7.37. The molecule has 0 atom stereocenters. The lowest BCUT2D eigenvalue weighted by atomic mass is 10.2. The van der Waals surface area contributed by atoms with E-state index in [0.717, 1.165) is 51.3 Å². The van der Waals surface area contributed by atoms with Gasteiger partial charge in [0.15, 0.2) is 0 Å². The quantitative estimate of drug-likeness (QED) is 0.831. The third-order valence-electron chi connectivity index (χ3n) is 3.64. The maximum atomic E-state index is 12.4. The fourth-order valence-electron chi connectivity index (χ4n) is 2.26. The highest BCUT2D eigenvalue weighted by molar-refractivity contribution is 5.94. The molecule has 5 nitrogen and oxygen atoms in total. The molecule has 0 radical (unpaired) electrons. The summed E-state index contributed by atoms with van der Waals surface area (Å²) in [4.78, 5) is 20.8. The Morgan fingerprint density at radius 2 is 2.05 bits per heavy atom. The van der Waals surface area contributed by atoms with Crippen LogP contribution in [0.5, 0.6) is 0 Å². The maximum absolute atomic E-state index is 12.4. The number of piperazine rings is 1. The van der Waals surface area contributed by atoms with E-state index in [0.29, 0.717) is 5.56 Å². The van der Waals surface area contributed by atoms with Gasteiger partial charge in [0, 0.05) is 45.1 Å². The zero-order valence-corrected chi connectivity index (χ0v) is 12.4. The highest BCUT2D eigenvalue weighted by atomic mass is 16.2. The lowest BCUT2D eigenvalue weighted by Gasteiger charge is -2.32. The molecule has 0 bridgehead atoms. The van der Waals surface area contributed by atoms with Gasteiger partial charge in [0.2, 0.25) is 0 Å². The number of amides is 1. The third kappa shape index (κ3) is 3.93. The molecule has 1 amide bonds. The van der Waals surface area contributed by atoms with Crippen LogP contribution < -0.4 is 5.32 Å². The monoisotopic (exact) mass is 276 g/mol. The van der Waals surface area contributed by atoms with Crippen LogP contribution >= 0.6 is 0 Å². The Morgan fingerprint density at radius 3 is 2.75 bits per heavy atom. The molecule has 1 aliphatic rings. The summed E-state index contributed by atoms with van der Waals surface area (Å²) in [5.41, 5.74) is 1.61. The Balaban J connectivity index is 1.97. The van der Waals surface area contributed by atoms with Crippen LogP contribution in [-0.2, 0) is 0 Å². The Kier molecular flexibility index (Phi) is 5.35. The second-order valence-electron chi connectivity index (χ2n) is 5.34. The number of pyridine rings is 1. The number of carbonyl (C=O) groups is 1. The van der Waals surface area contributed by atoms with Gasteiger partial charge < -0.3 is 15.1 Å². The lowest BCUT2D eigenvalue weighted by molar-refractivity contribution is 0.0663. The second kappa shape index (κ2) is 7.24. The molecule has 2 rings (SSSR count). The van der Waals surface area contributed by atoms with Crippen LogP contribution in [0.15, 0.2) is 18.5 Å². The summed E-state index contributed by atoms with van der Waals surface area (Å²) >= 11 is 0. The number of likely N-dealkylation sites (N-methyl/N-ethyl adjacent to an activating group) is 1. The average Bonchev–Trinajstić information content (AvgIpc) is 2.48. The van der Waals surface area contributed by atoms with Crippen molar-refractivity contribution >= 4 is 11.6 Å². The van der Waals surface area contributed by atoms with Crippen LogP contribution in [0.3, 0.4) is 0 Å². The lowest BCUT2D eigenvalue weighted by Crippen LogP contribution is -2.47. The van der Waals surface area contributed by atoms with Gasteiger partial charge >= 0.3 is 0 Å². The summed E-state index contributed by atoms with van der Waals surface area (Å²) in [7, 11) is 2.08. The van der Waals surface area contributed by atoms with Crippen molar-refractivity contribution in [1.82, 2.24) is 14.8 Å². The topological polar surface area (TPSA) is 48.5 Å². The molecule has 20 heavy (non-hydrogen) atoms. The molecule has 1 fully saturated rings. The van der Waals surface area contributed by atoms with E-state index in [2.05, 4.69) is 29.2 Å². The number of hydrogen-bond donors (Lipinski definition) is 1. The predicted octanol–water partition coefficient (Wildman–Crippen LogP) is 1.68. The molecular weight excluding hydrogens is 252 g/mol. The van der Waals surface area contributed by atoms with Crippen LogP contribution in [-0.4, -0.2) is 60.5 Å². The number of carbonyl (C=O) groups excluding carboxylic acids is 1. The van der Waals surface area contributed by atoms with Crippen LogP contribution in [0.1, 0.15) is 30.1 Å². The normalized spacial score (nSPS) is 16.2. The minimum absolute atomic E-state index is 0.0877. The molecule has 1 saturated heterocycles. The van der Waals surface area contributed by atoms with Crippen molar-refractivity contribution in [3.63, 3.8) is 0 Å². The standard InChI is InChI=1S/C15H24N4O/c1-3-4-5-17-14-10-13(11-16-12-14)15(20)19-8-6-18(2)7-9-19/h10-12,17H,3-9H2,1-2H3. The Hall–Kier alpha value is -1.62. The largest absolute Gasteiger partial charge is 0.384 e. The summed E-state index contributed by atoms with van der Waals surface area (Å²) in [6, 6.07) is 1.91. The SMILES string of the molecule is CCCCNc1cncc(C(=O)N2CCN(C)CC2)c1. The van der Waals surface area contributed by atoms with Crippen molar-refractivity contribution in [2.24, 2.45) is 0 Å². The molecule has 0 aliphatic carbocycles. The number of hydrogen-bond acceptors (Lipinski definition) is 4. The average molecular weight is 276 g/mol. The van der Waals surface area contributed by atoms with Gasteiger partial charge in [-0.25, -0.2) is 0 Å². The Morgan fingerprint density at radius 1 is 1.30 bits per heavy atom. The second-order valence-corrected chi connectivity index (χ2v) is 5.34. The highest BCUT2D eigenvalue weighted by Gasteiger charge is 2.20. The van der Waals surface area contributed by atoms with Gasteiger partial charge in [-0.15, -0.1) is 0 Å². The van der Waals surface area contributed by atoms with Crippen LogP contribution in [0.4, 0.5) is 5.69 Å². The molecule has 5 heteroatoms. The van der Waals surface area contributed by atoms with Crippen LogP contribution in [0, 0.1) is 0 Å². The van der Waals surface area contributed by atoms with Crippen molar-refractivity contribution in [2.75, 3.05) is 45.1 Å². The molecule has 1 aliphatic heterocycles. The maximum Gasteiger partial charge on any atom is 0.255 e. The first kappa shape index (κ1) is 14.8. The van der Waals surface area contributed by atoms with E-state index in [4.69, 9.17) is 0 Å². The summed E-state index contributed by atoms with van der Waals surface area (Å²) in [5, 5.41) is 3.31. The first-order chi connectivity index (χ1) is 9.70. The minimum atomic E-state index is 0.0877. The third-order valence-corrected chi connectivity index (χ3v) is 3.64. The van der Waals surface area contributed by atoms with Crippen molar-refractivity contribution in [2.45, 2.75) is 19.8 Å². The number of aromatic nitrogens is 1. The van der Waals surface area contributed by atoms with Crippen LogP contribution in [0.2, 0.25) is 0 Å².